The summed E-state index contributed by atoms with van der Waals surface area (Å²) in [6.45, 7) is 5.36. The first-order valence-corrected chi connectivity index (χ1v) is 5.06. The molecular weight excluding hydrogens is 182 g/mol. The molecule has 0 radical (unpaired) electrons. The molecule has 0 aromatic heterocycles. The van der Waals surface area contributed by atoms with Crippen LogP contribution in [0.2, 0.25) is 0 Å². The van der Waals surface area contributed by atoms with E-state index in [4.69, 9.17) is 9.84 Å². The van der Waals surface area contributed by atoms with Crippen molar-refractivity contribution in [2.45, 2.75) is 32.4 Å². The molecule has 1 saturated heterocycles. The highest BCUT2D eigenvalue weighted by Gasteiger charge is 2.29. The summed E-state index contributed by atoms with van der Waals surface area (Å²) in [6, 6.07) is -0.158. The van der Waals surface area contributed by atoms with Crippen LogP contribution in [0.25, 0.3) is 0 Å². The van der Waals surface area contributed by atoms with E-state index in [0.717, 1.165) is 19.6 Å². The summed E-state index contributed by atoms with van der Waals surface area (Å²) in [7, 11) is 1.86. The molecule has 1 aliphatic heterocycles. The standard InChI is InChI=1S/C10H19NO3/c1-7(9-4-5-14-6-9)11(3)8(2)10(12)13/h7-9H,4-6H2,1-3H3,(H,12,13). The zero-order valence-electron chi connectivity index (χ0n) is 9.06. The molecule has 3 unspecified atom stereocenters. The van der Waals surface area contributed by atoms with E-state index in [2.05, 4.69) is 6.92 Å². The van der Waals surface area contributed by atoms with Gasteiger partial charge >= 0.3 is 5.97 Å². The van der Waals surface area contributed by atoms with Crippen LogP contribution >= 0.6 is 0 Å². The summed E-state index contributed by atoms with van der Waals surface area (Å²) in [5.74, 6) is -0.292. The number of ether oxygens (including phenoxy) is 1. The van der Waals surface area contributed by atoms with E-state index < -0.39 is 12.0 Å². The van der Waals surface area contributed by atoms with Crippen LogP contribution in [0.1, 0.15) is 20.3 Å². The smallest absolute Gasteiger partial charge is 0.320 e. The van der Waals surface area contributed by atoms with E-state index in [1.54, 1.807) is 6.92 Å². The van der Waals surface area contributed by atoms with Crippen molar-refractivity contribution in [3.05, 3.63) is 0 Å². The Morgan fingerprint density at radius 3 is 2.64 bits per heavy atom. The van der Waals surface area contributed by atoms with Crippen LogP contribution < -0.4 is 0 Å². The van der Waals surface area contributed by atoms with Crippen LogP contribution in [-0.2, 0) is 9.53 Å². The highest BCUT2D eigenvalue weighted by molar-refractivity contribution is 5.72. The molecule has 1 aliphatic rings. The van der Waals surface area contributed by atoms with E-state index >= 15 is 0 Å². The third-order valence-electron chi connectivity index (χ3n) is 3.26. The Morgan fingerprint density at radius 2 is 2.21 bits per heavy atom. The molecule has 3 atom stereocenters. The second-order valence-electron chi connectivity index (χ2n) is 4.04. The van der Waals surface area contributed by atoms with Crippen LogP contribution in [0.5, 0.6) is 0 Å². The predicted octanol–water partition coefficient (Wildman–Crippen LogP) is 0.816. The number of hydrogen-bond acceptors (Lipinski definition) is 3. The lowest BCUT2D eigenvalue weighted by atomic mass is 9.98. The Balaban J connectivity index is 2.49. The quantitative estimate of drug-likeness (QED) is 0.731. The van der Waals surface area contributed by atoms with E-state index in [-0.39, 0.29) is 6.04 Å². The van der Waals surface area contributed by atoms with Crippen molar-refractivity contribution in [2.24, 2.45) is 5.92 Å². The second kappa shape index (κ2) is 4.75. The van der Waals surface area contributed by atoms with Crippen molar-refractivity contribution in [3.63, 3.8) is 0 Å². The van der Waals surface area contributed by atoms with Crippen molar-refractivity contribution in [3.8, 4) is 0 Å². The number of likely N-dealkylation sites (N-methyl/N-ethyl adjacent to an activating group) is 1. The van der Waals surface area contributed by atoms with Gasteiger partial charge in [0.2, 0.25) is 0 Å². The molecule has 1 N–H and O–H groups in total. The van der Waals surface area contributed by atoms with Crippen LogP contribution in [0, 0.1) is 5.92 Å². The number of rotatable bonds is 4. The molecule has 4 heteroatoms. The molecule has 4 nitrogen and oxygen atoms in total. The molecule has 0 aromatic rings. The fourth-order valence-electron chi connectivity index (χ4n) is 1.79. The Hall–Kier alpha value is -0.610. The minimum Gasteiger partial charge on any atom is -0.480 e. The van der Waals surface area contributed by atoms with Gasteiger partial charge in [-0.1, -0.05) is 0 Å². The minimum atomic E-state index is -0.765. The topological polar surface area (TPSA) is 49.8 Å². The van der Waals surface area contributed by atoms with Gasteiger partial charge in [0, 0.05) is 12.6 Å². The lowest BCUT2D eigenvalue weighted by Gasteiger charge is -2.31. The summed E-state index contributed by atoms with van der Waals surface area (Å²) in [5, 5.41) is 8.87. The lowest BCUT2D eigenvalue weighted by Crippen LogP contribution is -2.45. The predicted molar refractivity (Wildman–Crippen MR) is 53.2 cm³/mol. The summed E-state index contributed by atoms with van der Waals surface area (Å²) < 4.78 is 5.29. The third-order valence-corrected chi connectivity index (χ3v) is 3.26. The maximum atomic E-state index is 10.8. The molecule has 0 bridgehead atoms. The van der Waals surface area contributed by atoms with Crippen LogP contribution in [0.4, 0.5) is 0 Å². The molecule has 14 heavy (non-hydrogen) atoms. The van der Waals surface area contributed by atoms with Gasteiger partial charge in [0.15, 0.2) is 0 Å². The zero-order valence-corrected chi connectivity index (χ0v) is 9.06. The van der Waals surface area contributed by atoms with Gasteiger partial charge in [0.25, 0.3) is 0 Å². The van der Waals surface area contributed by atoms with Gasteiger partial charge in [-0.2, -0.15) is 0 Å². The first-order chi connectivity index (χ1) is 6.54. The minimum absolute atomic E-state index is 0.267. The average Bonchev–Trinajstić information content (AvgIpc) is 2.67. The van der Waals surface area contributed by atoms with E-state index in [9.17, 15) is 4.79 Å². The Morgan fingerprint density at radius 1 is 1.57 bits per heavy atom. The molecule has 0 spiro atoms. The molecule has 1 rings (SSSR count). The molecule has 0 amide bonds. The van der Waals surface area contributed by atoms with Crippen molar-refractivity contribution < 1.29 is 14.6 Å². The number of carbonyl (C=O) groups is 1. The van der Waals surface area contributed by atoms with Crippen molar-refractivity contribution in [2.75, 3.05) is 20.3 Å². The third kappa shape index (κ3) is 2.45. The van der Waals surface area contributed by atoms with Gasteiger partial charge in [-0.25, -0.2) is 0 Å². The summed E-state index contributed by atoms with van der Waals surface area (Å²) in [4.78, 5) is 12.7. The summed E-state index contributed by atoms with van der Waals surface area (Å²) >= 11 is 0. The highest BCUT2D eigenvalue weighted by Crippen LogP contribution is 2.21. The van der Waals surface area contributed by atoms with Crippen LogP contribution in [0.3, 0.4) is 0 Å². The van der Waals surface area contributed by atoms with Gasteiger partial charge in [-0.15, -0.1) is 0 Å². The molecule has 82 valence electrons. The van der Waals surface area contributed by atoms with Gasteiger partial charge in [-0.3, -0.25) is 9.69 Å². The first-order valence-electron chi connectivity index (χ1n) is 5.06. The Labute approximate surface area is 84.8 Å². The largest absolute Gasteiger partial charge is 0.480 e. The fourth-order valence-corrected chi connectivity index (χ4v) is 1.79. The maximum Gasteiger partial charge on any atom is 0.320 e. The molecule has 0 aliphatic carbocycles. The van der Waals surface area contributed by atoms with E-state index in [0.29, 0.717) is 5.92 Å². The van der Waals surface area contributed by atoms with Gasteiger partial charge in [0.1, 0.15) is 6.04 Å². The molecule has 0 aromatic carbocycles. The second-order valence-corrected chi connectivity index (χ2v) is 4.04. The van der Waals surface area contributed by atoms with E-state index in [1.165, 1.54) is 0 Å². The summed E-state index contributed by atoms with van der Waals surface area (Å²) in [5.41, 5.74) is 0. The molecule has 1 fully saturated rings. The van der Waals surface area contributed by atoms with Gasteiger partial charge in [0.05, 0.1) is 6.61 Å². The van der Waals surface area contributed by atoms with Crippen molar-refractivity contribution >= 4 is 5.97 Å². The van der Waals surface area contributed by atoms with Crippen molar-refractivity contribution in [1.82, 2.24) is 4.90 Å². The number of carboxylic acid groups (broad SMARTS) is 1. The van der Waals surface area contributed by atoms with Gasteiger partial charge in [-0.05, 0) is 33.2 Å². The van der Waals surface area contributed by atoms with Crippen LogP contribution in [0.15, 0.2) is 0 Å². The summed E-state index contributed by atoms with van der Waals surface area (Å²) in [6.07, 6.45) is 1.04. The number of carboxylic acids is 1. The zero-order chi connectivity index (χ0) is 10.7. The maximum absolute atomic E-state index is 10.8. The molecule has 1 heterocycles. The van der Waals surface area contributed by atoms with E-state index in [1.807, 2.05) is 11.9 Å². The molecular formula is C10H19NO3. The monoisotopic (exact) mass is 201 g/mol. The number of aliphatic carboxylic acids is 1. The fraction of sp³-hybridized carbons (Fsp3) is 0.900. The first kappa shape index (κ1) is 11.5. The lowest BCUT2D eigenvalue weighted by molar-refractivity contribution is -0.143. The van der Waals surface area contributed by atoms with Crippen molar-refractivity contribution in [1.29, 1.82) is 0 Å². The molecule has 0 saturated carbocycles. The number of nitrogens with zero attached hydrogens (tertiary/aromatic N) is 1. The van der Waals surface area contributed by atoms with Gasteiger partial charge < -0.3 is 9.84 Å². The highest BCUT2D eigenvalue weighted by atomic mass is 16.5. The Bertz CT molecular complexity index is 202. The average molecular weight is 201 g/mol. The number of hydrogen-bond donors (Lipinski definition) is 1. The van der Waals surface area contributed by atoms with Crippen LogP contribution in [-0.4, -0.2) is 48.3 Å². The normalized spacial score (nSPS) is 26.4. The Kier molecular flexibility index (Phi) is 3.89. The SMILES string of the molecule is CC(C(=O)O)N(C)C(C)C1CCOC1.